The zero-order valence-electron chi connectivity index (χ0n) is 17.7. The Morgan fingerprint density at radius 3 is 2.57 bits per heavy atom. The van der Waals surface area contributed by atoms with Crippen molar-refractivity contribution in [1.82, 2.24) is 15.3 Å². The van der Waals surface area contributed by atoms with Crippen LogP contribution in [-0.4, -0.2) is 40.3 Å². The zero-order valence-corrected chi connectivity index (χ0v) is 19.3. The van der Waals surface area contributed by atoms with E-state index in [2.05, 4.69) is 20.2 Å². The molecule has 2 aromatic rings. The minimum atomic E-state index is -0.487. The average molecular weight is 450 g/mol. The molecule has 3 rings (SSSR count). The van der Waals surface area contributed by atoms with E-state index in [9.17, 15) is 4.79 Å². The van der Waals surface area contributed by atoms with Crippen LogP contribution in [0, 0.1) is 0 Å². The molecule has 0 spiro atoms. The maximum atomic E-state index is 12.1. The number of alkyl carbamates (subject to hydrolysis) is 1. The molecule has 0 saturated carbocycles. The SMILES string of the molecule is CC(C)(C)NC(=O)OC1(C)CCN(c2cnc(Sc3cccc(N)c3Cl)cn2)CC1. The van der Waals surface area contributed by atoms with E-state index in [1.807, 2.05) is 39.8 Å². The molecule has 1 aromatic heterocycles. The first-order valence-electron chi connectivity index (χ1n) is 9.85. The van der Waals surface area contributed by atoms with E-state index in [1.165, 1.54) is 11.8 Å². The molecule has 2 heterocycles. The van der Waals surface area contributed by atoms with Gasteiger partial charge in [0.2, 0.25) is 0 Å². The molecule has 3 N–H and O–H groups in total. The van der Waals surface area contributed by atoms with Gasteiger partial charge in [-0.15, -0.1) is 0 Å². The molecule has 30 heavy (non-hydrogen) atoms. The van der Waals surface area contributed by atoms with Crippen molar-refractivity contribution in [2.75, 3.05) is 23.7 Å². The summed E-state index contributed by atoms with van der Waals surface area (Å²) in [6.07, 6.45) is 4.57. The van der Waals surface area contributed by atoms with Gasteiger partial charge >= 0.3 is 6.09 Å². The molecule has 1 amide bonds. The number of hydrogen-bond donors (Lipinski definition) is 2. The van der Waals surface area contributed by atoms with E-state index in [1.54, 1.807) is 18.5 Å². The van der Waals surface area contributed by atoms with Gasteiger partial charge in [-0.3, -0.25) is 0 Å². The van der Waals surface area contributed by atoms with Gasteiger partial charge in [-0.25, -0.2) is 14.8 Å². The highest BCUT2D eigenvalue weighted by atomic mass is 35.5. The molecule has 0 atom stereocenters. The third-order valence-corrected chi connectivity index (χ3v) is 6.30. The number of nitrogen functional groups attached to an aromatic ring is 1. The average Bonchev–Trinajstić information content (AvgIpc) is 2.65. The highest BCUT2D eigenvalue weighted by molar-refractivity contribution is 7.99. The van der Waals surface area contributed by atoms with E-state index in [0.717, 1.165) is 41.7 Å². The van der Waals surface area contributed by atoms with Crippen LogP contribution < -0.4 is 16.0 Å². The Bertz CT molecular complexity index is 893. The van der Waals surface area contributed by atoms with Crippen LogP contribution in [0.5, 0.6) is 0 Å². The third kappa shape index (κ3) is 5.92. The number of nitrogens with two attached hydrogens (primary N) is 1. The lowest BCUT2D eigenvalue weighted by molar-refractivity contribution is 0.00405. The first-order chi connectivity index (χ1) is 14.0. The van der Waals surface area contributed by atoms with Gasteiger partial charge in [0.05, 0.1) is 23.1 Å². The molecule has 0 bridgehead atoms. The fraction of sp³-hybridized carbons (Fsp3) is 0.476. The lowest BCUT2D eigenvalue weighted by Gasteiger charge is -2.39. The smallest absolute Gasteiger partial charge is 0.408 e. The number of carbonyl (C=O) groups excluding carboxylic acids is 1. The van der Waals surface area contributed by atoms with Crippen LogP contribution >= 0.6 is 23.4 Å². The minimum absolute atomic E-state index is 0.320. The molecule has 0 aliphatic carbocycles. The van der Waals surface area contributed by atoms with Crippen molar-refractivity contribution in [3.63, 3.8) is 0 Å². The Morgan fingerprint density at radius 2 is 1.97 bits per heavy atom. The summed E-state index contributed by atoms with van der Waals surface area (Å²) in [7, 11) is 0. The maximum absolute atomic E-state index is 12.1. The Hall–Kier alpha value is -2.19. The van der Waals surface area contributed by atoms with E-state index in [0.29, 0.717) is 10.7 Å². The first-order valence-corrected chi connectivity index (χ1v) is 11.0. The van der Waals surface area contributed by atoms with Gasteiger partial charge in [-0.1, -0.05) is 29.4 Å². The monoisotopic (exact) mass is 449 g/mol. The van der Waals surface area contributed by atoms with Gasteiger partial charge in [0.25, 0.3) is 0 Å². The van der Waals surface area contributed by atoms with E-state index in [4.69, 9.17) is 22.1 Å². The van der Waals surface area contributed by atoms with E-state index in [-0.39, 0.29) is 11.6 Å². The lowest BCUT2D eigenvalue weighted by Crippen LogP contribution is -2.49. The third-order valence-electron chi connectivity index (χ3n) is 4.78. The Kier molecular flexibility index (Phi) is 6.67. The van der Waals surface area contributed by atoms with Crippen molar-refractivity contribution in [1.29, 1.82) is 0 Å². The second-order valence-corrected chi connectivity index (χ2v) is 10.1. The number of piperidine rings is 1. The summed E-state index contributed by atoms with van der Waals surface area (Å²) in [5.41, 5.74) is 5.59. The molecule has 1 aromatic carbocycles. The highest BCUT2D eigenvalue weighted by Gasteiger charge is 2.35. The molecule has 1 fully saturated rings. The van der Waals surface area contributed by atoms with Crippen LogP contribution in [0.1, 0.15) is 40.5 Å². The predicted octanol–water partition coefficient (Wildman–Crippen LogP) is 4.75. The van der Waals surface area contributed by atoms with Crippen molar-refractivity contribution >= 4 is 41.0 Å². The first kappa shape index (κ1) is 22.5. The maximum Gasteiger partial charge on any atom is 0.408 e. The van der Waals surface area contributed by atoms with Crippen molar-refractivity contribution in [3.05, 3.63) is 35.6 Å². The summed E-state index contributed by atoms with van der Waals surface area (Å²) in [5, 5.41) is 4.12. The van der Waals surface area contributed by atoms with Crippen LogP contribution in [0.2, 0.25) is 5.02 Å². The van der Waals surface area contributed by atoms with Crippen LogP contribution in [-0.2, 0) is 4.74 Å². The Labute approximate surface area is 186 Å². The van der Waals surface area contributed by atoms with Crippen LogP contribution in [0.25, 0.3) is 0 Å². The fourth-order valence-corrected chi connectivity index (χ4v) is 4.14. The van der Waals surface area contributed by atoms with Gasteiger partial charge in [0.15, 0.2) is 0 Å². The van der Waals surface area contributed by atoms with Crippen LogP contribution in [0.4, 0.5) is 16.3 Å². The van der Waals surface area contributed by atoms with Gasteiger partial charge in [-0.05, 0) is 39.8 Å². The number of nitrogens with zero attached hydrogens (tertiary/aromatic N) is 3. The van der Waals surface area contributed by atoms with Gasteiger partial charge in [0, 0.05) is 36.4 Å². The summed E-state index contributed by atoms with van der Waals surface area (Å²) < 4.78 is 5.71. The summed E-state index contributed by atoms with van der Waals surface area (Å²) in [6.45, 7) is 9.25. The second-order valence-electron chi connectivity index (χ2n) is 8.68. The molecule has 1 aliphatic rings. The Morgan fingerprint density at radius 1 is 1.27 bits per heavy atom. The standard InChI is InChI=1S/C21H28ClN5O2S/c1-20(2,3)26-19(28)29-21(4)8-10-27(11-9-21)16-12-25-17(13-24-16)30-15-7-5-6-14(23)18(15)22/h5-7,12-13H,8-11,23H2,1-4H3,(H,26,28). The lowest BCUT2D eigenvalue weighted by atomic mass is 9.93. The fourth-order valence-electron chi connectivity index (χ4n) is 3.11. The number of nitrogens with one attached hydrogen (secondary N) is 1. The molecular formula is C21H28ClN5O2S. The minimum Gasteiger partial charge on any atom is -0.443 e. The van der Waals surface area contributed by atoms with Crippen LogP contribution in [0.15, 0.2) is 40.5 Å². The molecule has 1 aliphatic heterocycles. The normalized spacial score (nSPS) is 16.2. The number of hydrogen-bond acceptors (Lipinski definition) is 7. The summed E-state index contributed by atoms with van der Waals surface area (Å²) >= 11 is 7.68. The number of halogens is 1. The summed E-state index contributed by atoms with van der Waals surface area (Å²) in [6, 6.07) is 5.53. The number of amides is 1. The molecule has 1 saturated heterocycles. The van der Waals surface area contributed by atoms with E-state index >= 15 is 0 Å². The predicted molar refractivity (Wildman–Crippen MR) is 121 cm³/mol. The number of carbonyl (C=O) groups is 1. The Balaban J connectivity index is 1.57. The number of benzene rings is 1. The van der Waals surface area contributed by atoms with Crippen molar-refractivity contribution in [2.24, 2.45) is 0 Å². The molecule has 162 valence electrons. The molecule has 9 heteroatoms. The molecular weight excluding hydrogens is 422 g/mol. The molecule has 0 unspecified atom stereocenters. The van der Waals surface area contributed by atoms with Crippen molar-refractivity contribution < 1.29 is 9.53 Å². The quantitative estimate of drug-likeness (QED) is 0.650. The zero-order chi connectivity index (χ0) is 21.9. The van der Waals surface area contributed by atoms with Gasteiger partial charge < -0.3 is 20.7 Å². The van der Waals surface area contributed by atoms with Gasteiger partial charge in [-0.2, -0.15) is 0 Å². The number of anilines is 2. The van der Waals surface area contributed by atoms with E-state index < -0.39 is 5.60 Å². The second kappa shape index (κ2) is 8.89. The summed E-state index contributed by atoms with van der Waals surface area (Å²) in [4.78, 5) is 24.2. The number of ether oxygens (including phenoxy) is 1. The molecule has 7 nitrogen and oxygen atoms in total. The number of rotatable bonds is 4. The number of aromatic nitrogens is 2. The largest absolute Gasteiger partial charge is 0.443 e. The van der Waals surface area contributed by atoms with Crippen LogP contribution in [0.3, 0.4) is 0 Å². The molecule has 0 radical (unpaired) electrons. The summed E-state index contributed by atoms with van der Waals surface area (Å²) in [5.74, 6) is 0.805. The van der Waals surface area contributed by atoms with Crippen molar-refractivity contribution in [3.8, 4) is 0 Å². The van der Waals surface area contributed by atoms with Gasteiger partial charge in [0.1, 0.15) is 16.4 Å². The van der Waals surface area contributed by atoms with Crippen molar-refractivity contribution in [2.45, 2.75) is 61.6 Å². The highest BCUT2D eigenvalue weighted by Crippen LogP contribution is 2.35. The topological polar surface area (TPSA) is 93.4 Å².